The lowest BCUT2D eigenvalue weighted by Gasteiger charge is -2.11. The van der Waals surface area contributed by atoms with Gasteiger partial charge in [-0.05, 0) is 67.1 Å². The maximum Gasteiger partial charge on any atom is 0.373 e. The Bertz CT molecular complexity index is 1100. The van der Waals surface area contributed by atoms with Crippen molar-refractivity contribution < 1.29 is 33.3 Å². The van der Waals surface area contributed by atoms with Gasteiger partial charge in [0.2, 0.25) is 5.76 Å². The molecule has 32 heavy (non-hydrogen) atoms. The van der Waals surface area contributed by atoms with Crippen molar-refractivity contribution in [2.45, 2.75) is 13.5 Å². The maximum atomic E-state index is 11.5. The summed E-state index contributed by atoms with van der Waals surface area (Å²) in [6, 6.07) is 14.7. The molecule has 3 aromatic rings. The van der Waals surface area contributed by atoms with Gasteiger partial charge in [0, 0.05) is 0 Å². The van der Waals surface area contributed by atoms with Crippen molar-refractivity contribution >= 4 is 23.8 Å². The molecule has 0 aliphatic rings. The summed E-state index contributed by atoms with van der Waals surface area (Å²) in [4.78, 5) is 22.4. The monoisotopic (exact) mass is 438 g/mol. The number of hydrogen-bond donors (Lipinski definition) is 2. The van der Waals surface area contributed by atoms with Crippen LogP contribution in [0.15, 0.2) is 64.1 Å². The topological polar surface area (TPSA) is 120 Å². The van der Waals surface area contributed by atoms with Gasteiger partial charge in [0.1, 0.15) is 12.4 Å². The van der Waals surface area contributed by atoms with Crippen molar-refractivity contribution in [3.63, 3.8) is 0 Å². The van der Waals surface area contributed by atoms with Gasteiger partial charge in [-0.2, -0.15) is 5.10 Å². The number of carbonyl (C=O) groups excluding carboxylic acids is 1. The molecule has 0 amide bonds. The van der Waals surface area contributed by atoms with Gasteiger partial charge >= 0.3 is 11.9 Å². The number of nitrogens with one attached hydrogen (secondary N) is 1. The highest BCUT2D eigenvalue weighted by Crippen LogP contribution is 2.29. The molecule has 1 heterocycles. The number of ether oxygens (including phenoxy) is 3. The van der Waals surface area contributed by atoms with E-state index in [1.54, 1.807) is 42.6 Å². The molecule has 0 spiro atoms. The first kappa shape index (κ1) is 22.4. The minimum atomic E-state index is -0.984. The molecule has 0 bridgehead atoms. The molecule has 3 rings (SSSR count). The first-order valence-electron chi connectivity index (χ1n) is 9.69. The number of methoxy groups -OCH3 is 1. The average molecular weight is 438 g/mol. The largest absolute Gasteiger partial charge is 0.490 e. The summed E-state index contributed by atoms with van der Waals surface area (Å²) in [5.74, 6) is 0.0757. The first-order chi connectivity index (χ1) is 15.5. The Hall–Kier alpha value is -4.27. The van der Waals surface area contributed by atoms with E-state index < -0.39 is 11.9 Å². The molecule has 0 aliphatic carbocycles. The molecule has 0 saturated heterocycles. The summed E-state index contributed by atoms with van der Waals surface area (Å²) >= 11 is 0. The molecule has 2 N–H and O–H groups in total. The molecule has 166 valence electrons. The second-order valence-electron chi connectivity index (χ2n) is 6.44. The van der Waals surface area contributed by atoms with Crippen molar-refractivity contribution in [3.8, 4) is 11.5 Å². The van der Waals surface area contributed by atoms with Crippen LogP contribution < -0.4 is 14.9 Å². The number of rotatable bonds is 10. The summed E-state index contributed by atoms with van der Waals surface area (Å²) in [6.07, 6.45) is 1.60. The minimum absolute atomic E-state index is 0.104. The zero-order chi connectivity index (χ0) is 22.9. The minimum Gasteiger partial charge on any atom is -0.490 e. The van der Waals surface area contributed by atoms with Crippen molar-refractivity contribution in [2.75, 3.05) is 19.1 Å². The van der Waals surface area contributed by atoms with E-state index in [1.807, 2.05) is 6.92 Å². The van der Waals surface area contributed by atoms with Crippen LogP contribution >= 0.6 is 0 Å². The van der Waals surface area contributed by atoms with E-state index in [9.17, 15) is 9.59 Å². The standard InChI is InChI=1S/C23H22N2O7/c1-3-30-21-12-15(13-24-25-17-7-5-16(6-8-17)22(26)27)4-10-19(21)31-14-18-9-11-20(32-18)23(28)29-2/h4-13,25H,3,14H2,1-2H3,(H,26,27). The van der Waals surface area contributed by atoms with Gasteiger partial charge in [0.05, 0.1) is 31.2 Å². The SMILES string of the molecule is CCOc1cc(C=NNc2ccc(C(=O)O)cc2)ccc1OCc1ccc(C(=O)OC)o1. The molecule has 0 unspecified atom stereocenters. The fraction of sp³-hybridized carbons (Fsp3) is 0.174. The van der Waals surface area contributed by atoms with E-state index >= 15 is 0 Å². The number of furan rings is 1. The van der Waals surface area contributed by atoms with Crippen molar-refractivity contribution in [3.05, 3.63) is 77.2 Å². The Morgan fingerprint density at radius 2 is 1.84 bits per heavy atom. The number of aromatic carboxylic acids is 1. The Morgan fingerprint density at radius 3 is 2.53 bits per heavy atom. The quantitative estimate of drug-likeness (QED) is 0.275. The first-order valence-corrected chi connectivity index (χ1v) is 9.69. The van der Waals surface area contributed by atoms with Crippen molar-refractivity contribution in [2.24, 2.45) is 5.10 Å². The van der Waals surface area contributed by atoms with Crippen LogP contribution in [0.3, 0.4) is 0 Å². The lowest BCUT2D eigenvalue weighted by Crippen LogP contribution is -2.01. The molecule has 0 aliphatic heterocycles. The van der Waals surface area contributed by atoms with Crippen LogP contribution in [0.4, 0.5) is 5.69 Å². The number of hydrazone groups is 1. The van der Waals surface area contributed by atoms with E-state index in [0.29, 0.717) is 29.6 Å². The number of esters is 1. The summed E-state index contributed by atoms with van der Waals surface area (Å²) < 4.78 is 21.5. The third kappa shape index (κ3) is 5.88. The molecular weight excluding hydrogens is 416 g/mol. The van der Waals surface area contributed by atoms with Crippen LogP contribution in [0.25, 0.3) is 0 Å². The van der Waals surface area contributed by atoms with Crippen molar-refractivity contribution in [1.29, 1.82) is 0 Å². The van der Waals surface area contributed by atoms with Gasteiger partial charge < -0.3 is 23.7 Å². The summed E-state index contributed by atoms with van der Waals surface area (Å²) in [7, 11) is 1.28. The highest BCUT2D eigenvalue weighted by Gasteiger charge is 2.12. The predicted octanol–water partition coefficient (Wildman–Crippen LogP) is 4.19. The van der Waals surface area contributed by atoms with Crippen LogP contribution in [0, 0.1) is 0 Å². The molecule has 1 aromatic heterocycles. The van der Waals surface area contributed by atoms with Crippen LogP contribution in [0.5, 0.6) is 11.5 Å². The van der Waals surface area contributed by atoms with Crippen molar-refractivity contribution in [1.82, 2.24) is 0 Å². The normalized spacial score (nSPS) is 10.7. The van der Waals surface area contributed by atoms with E-state index in [4.69, 9.17) is 19.0 Å². The summed E-state index contributed by atoms with van der Waals surface area (Å²) in [5, 5.41) is 13.1. The van der Waals surface area contributed by atoms with Gasteiger partial charge in [-0.15, -0.1) is 0 Å². The number of carbonyl (C=O) groups is 2. The molecular formula is C23H22N2O7. The summed E-state index contributed by atoms with van der Waals surface area (Å²) in [5.41, 5.74) is 4.46. The van der Waals surface area contributed by atoms with Crippen LogP contribution in [0.1, 0.15) is 39.2 Å². The molecule has 9 heteroatoms. The molecule has 0 saturated carbocycles. The maximum absolute atomic E-state index is 11.5. The zero-order valence-corrected chi connectivity index (χ0v) is 17.5. The summed E-state index contributed by atoms with van der Waals surface area (Å²) in [6.45, 7) is 2.42. The van der Waals surface area contributed by atoms with Crippen LogP contribution in [-0.4, -0.2) is 37.0 Å². The number of anilines is 1. The number of hydrogen-bond acceptors (Lipinski definition) is 8. The zero-order valence-electron chi connectivity index (χ0n) is 17.5. The predicted molar refractivity (Wildman–Crippen MR) is 117 cm³/mol. The fourth-order valence-corrected chi connectivity index (χ4v) is 2.68. The van der Waals surface area contributed by atoms with E-state index in [2.05, 4.69) is 15.3 Å². The molecule has 9 nitrogen and oxygen atoms in total. The van der Waals surface area contributed by atoms with Gasteiger partial charge in [0.25, 0.3) is 0 Å². The number of carboxylic acids is 1. The highest BCUT2D eigenvalue weighted by molar-refractivity contribution is 5.88. The number of nitrogens with zero attached hydrogens (tertiary/aromatic N) is 1. The second-order valence-corrected chi connectivity index (χ2v) is 6.44. The molecule has 0 atom stereocenters. The van der Waals surface area contributed by atoms with E-state index in [-0.39, 0.29) is 17.9 Å². The highest BCUT2D eigenvalue weighted by atomic mass is 16.5. The molecule has 2 aromatic carbocycles. The Balaban J connectivity index is 1.64. The molecule has 0 radical (unpaired) electrons. The van der Waals surface area contributed by atoms with Gasteiger partial charge in [-0.3, -0.25) is 5.43 Å². The second kappa shape index (κ2) is 10.7. The van der Waals surface area contributed by atoms with Crippen LogP contribution in [0.2, 0.25) is 0 Å². The Kier molecular flexibility index (Phi) is 7.47. The van der Waals surface area contributed by atoms with Gasteiger partial charge in [0.15, 0.2) is 11.5 Å². The average Bonchev–Trinajstić information content (AvgIpc) is 3.27. The van der Waals surface area contributed by atoms with Gasteiger partial charge in [-0.1, -0.05) is 0 Å². The lowest BCUT2D eigenvalue weighted by molar-refractivity contribution is 0.0560. The fourth-order valence-electron chi connectivity index (χ4n) is 2.68. The Labute approximate surface area is 184 Å². The van der Waals surface area contributed by atoms with Gasteiger partial charge in [-0.25, -0.2) is 9.59 Å². The number of carboxylic acid groups (broad SMARTS) is 1. The van der Waals surface area contributed by atoms with E-state index in [0.717, 1.165) is 5.56 Å². The molecule has 0 fully saturated rings. The van der Waals surface area contributed by atoms with E-state index in [1.165, 1.54) is 25.3 Å². The lowest BCUT2D eigenvalue weighted by atomic mass is 10.2. The third-order valence-corrected chi connectivity index (χ3v) is 4.22. The number of benzene rings is 2. The van der Waals surface area contributed by atoms with Crippen LogP contribution in [-0.2, 0) is 11.3 Å². The smallest absolute Gasteiger partial charge is 0.373 e. The third-order valence-electron chi connectivity index (χ3n) is 4.22. The Morgan fingerprint density at radius 1 is 1.06 bits per heavy atom.